The van der Waals surface area contributed by atoms with E-state index in [1.54, 1.807) is 43.3 Å². The number of pyridine rings is 1. The summed E-state index contributed by atoms with van der Waals surface area (Å²) in [7, 11) is 0. The van der Waals surface area contributed by atoms with Crippen molar-refractivity contribution in [3.63, 3.8) is 0 Å². The molecular formula is C17H14Cl2N4O3. The lowest BCUT2D eigenvalue weighted by Gasteiger charge is -2.22. The number of anilines is 1. The van der Waals surface area contributed by atoms with E-state index in [-0.39, 0.29) is 5.15 Å². The van der Waals surface area contributed by atoms with Gasteiger partial charge in [0.15, 0.2) is 5.15 Å². The Morgan fingerprint density at radius 2 is 2.04 bits per heavy atom. The molecule has 1 atom stereocenters. The predicted octanol–water partition coefficient (Wildman–Crippen LogP) is 2.79. The molecule has 1 saturated heterocycles. The largest absolute Gasteiger partial charge is 0.325 e. The molecule has 7 nitrogen and oxygen atoms in total. The topological polar surface area (TPSA) is 91.4 Å². The van der Waals surface area contributed by atoms with Gasteiger partial charge in [-0.15, -0.1) is 0 Å². The van der Waals surface area contributed by atoms with Gasteiger partial charge in [-0.05, 0) is 36.8 Å². The van der Waals surface area contributed by atoms with Crippen LogP contribution in [0.15, 0.2) is 42.6 Å². The second-order valence-corrected chi connectivity index (χ2v) is 6.64. The number of rotatable bonds is 4. The Kier molecular flexibility index (Phi) is 4.84. The molecule has 2 aromatic rings. The number of imide groups is 1. The quantitative estimate of drug-likeness (QED) is 0.617. The number of amides is 4. The van der Waals surface area contributed by atoms with Gasteiger partial charge in [0.2, 0.25) is 5.91 Å². The first-order valence-corrected chi connectivity index (χ1v) is 8.37. The van der Waals surface area contributed by atoms with Crippen LogP contribution in [0, 0.1) is 0 Å². The summed E-state index contributed by atoms with van der Waals surface area (Å²) in [6.45, 7) is 1.11. The highest BCUT2D eigenvalue weighted by Crippen LogP contribution is 2.30. The van der Waals surface area contributed by atoms with Gasteiger partial charge in [-0.25, -0.2) is 9.78 Å². The Morgan fingerprint density at radius 1 is 1.27 bits per heavy atom. The summed E-state index contributed by atoms with van der Waals surface area (Å²) in [6, 6.07) is 9.13. The van der Waals surface area contributed by atoms with Crippen LogP contribution in [0.25, 0.3) is 0 Å². The van der Waals surface area contributed by atoms with Crippen LogP contribution in [0.1, 0.15) is 12.5 Å². The van der Waals surface area contributed by atoms with E-state index in [0.717, 1.165) is 4.90 Å². The van der Waals surface area contributed by atoms with Crippen LogP contribution >= 0.6 is 23.2 Å². The highest BCUT2D eigenvalue weighted by atomic mass is 35.5. The van der Waals surface area contributed by atoms with Crippen molar-refractivity contribution in [2.75, 3.05) is 11.9 Å². The van der Waals surface area contributed by atoms with Gasteiger partial charge in [-0.2, -0.15) is 0 Å². The zero-order valence-corrected chi connectivity index (χ0v) is 15.1. The number of hydrogen-bond donors (Lipinski definition) is 2. The third-order valence-corrected chi connectivity index (χ3v) is 4.55. The van der Waals surface area contributed by atoms with E-state index in [1.807, 2.05) is 0 Å². The lowest BCUT2D eigenvalue weighted by molar-refractivity contribution is -0.133. The molecule has 1 aliphatic heterocycles. The summed E-state index contributed by atoms with van der Waals surface area (Å²) < 4.78 is 0. The molecular weight excluding hydrogens is 379 g/mol. The smallest absolute Gasteiger partial charge is 0.322 e. The van der Waals surface area contributed by atoms with Crippen molar-refractivity contribution in [2.24, 2.45) is 0 Å². The minimum Gasteiger partial charge on any atom is -0.322 e. The third kappa shape index (κ3) is 3.36. The van der Waals surface area contributed by atoms with E-state index < -0.39 is 29.9 Å². The average Bonchev–Trinajstić information content (AvgIpc) is 2.81. The highest BCUT2D eigenvalue weighted by molar-refractivity contribution is 6.32. The van der Waals surface area contributed by atoms with Crippen molar-refractivity contribution < 1.29 is 14.4 Å². The van der Waals surface area contributed by atoms with Gasteiger partial charge in [-0.1, -0.05) is 35.3 Å². The number of benzene rings is 1. The molecule has 0 spiro atoms. The predicted molar refractivity (Wildman–Crippen MR) is 96.9 cm³/mol. The van der Waals surface area contributed by atoms with E-state index in [4.69, 9.17) is 23.2 Å². The molecule has 0 radical (unpaired) electrons. The van der Waals surface area contributed by atoms with Gasteiger partial charge in [-0.3, -0.25) is 14.5 Å². The molecule has 0 bridgehead atoms. The molecule has 134 valence electrons. The molecule has 0 aliphatic carbocycles. The number of aromatic nitrogens is 1. The van der Waals surface area contributed by atoms with E-state index in [0.29, 0.717) is 16.3 Å². The van der Waals surface area contributed by atoms with Crippen LogP contribution in [-0.4, -0.2) is 34.3 Å². The monoisotopic (exact) mass is 392 g/mol. The summed E-state index contributed by atoms with van der Waals surface area (Å²) in [5, 5.41) is 5.69. The summed E-state index contributed by atoms with van der Waals surface area (Å²) in [5.41, 5.74) is -0.473. The number of urea groups is 1. The Hall–Kier alpha value is -2.64. The summed E-state index contributed by atoms with van der Waals surface area (Å²) in [5.74, 6) is -1.11. The molecule has 9 heteroatoms. The first-order valence-electron chi connectivity index (χ1n) is 7.62. The van der Waals surface area contributed by atoms with E-state index in [2.05, 4.69) is 15.6 Å². The molecule has 1 unspecified atom stereocenters. The fraction of sp³-hybridized carbons (Fsp3) is 0.176. The maximum Gasteiger partial charge on any atom is 0.325 e. The maximum atomic E-state index is 12.8. The van der Waals surface area contributed by atoms with E-state index in [1.165, 1.54) is 6.20 Å². The van der Waals surface area contributed by atoms with Crippen LogP contribution in [-0.2, 0) is 15.1 Å². The Morgan fingerprint density at radius 3 is 2.73 bits per heavy atom. The number of carbonyl (C=O) groups excluding carboxylic acids is 3. The molecule has 1 aromatic heterocycles. The minimum absolute atomic E-state index is 0.113. The van der Waals surface area contributed by atoms with Crippen LogP contribution in [0.2, 0.25) is 10.2 Å². The fourth-order valence-corrected chi connectivity index (χ4v) is 3.01. The third-order valence-electron chi connectivity index (χ3n) is 4.01. The highest BCUT2D eigenvalue weighted by Gasteiger charge is 2.49. The molecule has 1 fully saturated rings. The standard InChI is InChI=1S/C17H14Cl2N4O3/c1-17(10-4-2-5-11(18)8-10)15(25)23(16(26)22-17)9-13(24)21-12-6-3-7-20-14(12)19/h2-8H,9H2,1H3,(H,21,24)(H,22,26). The molecule has 3 rings (SSSR count). The zero-order chi connectivity index (χ0) is 18.9. The van der Waals surface area contributed by atoms with Gasteiger partial charge in [0.25, 0.3) is 5.91 Å². The van der Waals surface area contributed by atoms with Gasteiger partial charge in [0.05, 0.1) is 5.69 Å². The minimum atomic E-state index is -1.30. The van der Waals surface area contributed by atoms with Crippen LogP contribution in [0.5, 0.6) is 0 Å². The number of halogens is 2. The van der Waals surface area contributed by atoms with Crippen LogP contribution in [0.4, 0.5) is 10.5 Å². The van der Waals surface area contributed by atoms with Crippen molar-refractivity contribution in [1.29, 1.82) is 0 Å². The second kappa shape index (κ2) is 6.93. The van der Waals surface area contributed by atoms with Crippen molar-refractivity contribution >= 4 is 46.7 Å². The lowest BCUT2D eigenvalue weighted by Crippen LogP contribution is -2.42. The summed E-state index contributed by atoms with van der Waals surface area (Å²) in [4.78, 5) is 42.0. The molecule has 2 heterocycles. The van der Waals surface area contributed by atoms with Crippen LogP contribution < -0.4 is 10.6 Å². The zero-order valence-electron chi connectivity index (χ0n) is 13.6. The molecule has 1 aromatic carbocycles. The second-order valence-electron chi connectivity index (χ2n) is 5.85. The summed E-state index contributed by atoms with van der Waals surface area (Å²) in [6.07, 6.45) is 1.48. The lowest BCUT2D eigenvalue weighted by atomic mass is 9.92. The molecule has 1 aliphatic rings. The van der Waals surface area contributed by atoms with Crippen molar-refractivity contribution in [3.8, 4) is 0 Å². The van der Waals surface area contributed by atoms with Gasteiger partial charge >= 0.3 is 6.03 Å². The Balaban J connectivity index is 1.77. The van der Waals surface area contributed by atoms with Gasteiger partial charge in [0, 0.05) is 11.2 Å². The van der Waals surface area contributed by atoms with Crippen molar-refractivity contribution in [3.05, 3.63) is 58.3 Å². The van der Waals surface area contributed by atoms with Crippen molar-refractivity contribution in [2.45, 2.75) is 12.5 Å². The normalized spacial score (nSPS) is 19.4. The first kappa shape index (κ1) is 18.2. The molecule has 0 saturated carbocycles. The number of nitrogens with zero attached hydrogens (tertiary/aromatic N) is 2. The molecule has 4 amide bonds. The Labute approximate surface area is 159 Å². The van der Waals surface area contributed by atoms with Crippen molar-refractivity contribution in [1.82, 2.24) is 15.2 Å². The number of carbonyl (C=O) groups is 3. The van der Waals surface area contributed by atoms with E-state index >= 15 is 0 Å². The van der Waals surface area contributed by atoms with E-state index in [9.17, 15) is 14.4 Å². The maximum absolute atomic E-state index is 12.8. The average molecular weight is 393 g/mol. The van der Waals surface area contributed by atoms with Gasteiger partial charge in [0.1, 0.15) is 12.1 Å². The number of hydrogen-bond acceptors (Lipinski definition) is 4. The van der Waals surface area contributed by atoms with Gasteiger partial charge < -0.3 is 10.6 Å². The Bertz CT molecular complexity index is 905. The number of nitrogens with one attached hydrogen (secondary N) is 2. The summed E-state index contributed by atoms with van der Waals surface area (Å²) >= 11 is 11.9. The SMILES string of the molecule is CC1(c2cccc(Cl)c2)NC(=O)N(CC(=O)Nc2cccnc2Cl)C1=O. The van der Waals surface area contributed by atoms with Crippen LogP contribution in [0.3, 0.4) is 0 Å². The molecule has 2 N–H and O–H groups in total. The first-order chi connectivity index (χ1) is 12.3. The fourth-order valence-electron chi connectivity index (χ4n) is 2.65. The molecule has 26 heavy (non-hydrogen) atoms.